The molecule has 0 saturated heterocycles. The molecule has 0 heterocycles. The van der Waals surface area contributed by atoms with Crippen molar-refractivity contribution in [2.24, 2.45) is 0 Å². The minimum absolute atomic E-state index is 0. The number of hydrogen-bond acceptors (Lipinski definition) is 1. The van der Waals surface area contributed by atoms with E-state index in [2.05, 4.69) is 25.7 Å². The molecule has 11 heavy (non-hydrogen) atoms. The summed E-state index contributed by atoms with van der Waals surface area (Å²) in [5.41, 5.74) is 0. The van der Waals surface area contributed by atoms with E-state index < -0.39 is 0 Å². The van der Waals surface area contributed by atoms with Crippen molar-refractivity contribution in [3.05, 3.63) is 0 Å². The van der Waals surface area contributed by atoms with Gasteiger partial charge in [0.25, 0.3) is 0 Å². The second-order valence-electron chi connectivity index (χ2n) is 1.62. The fourth-order valence-corrected chi connectivity index (χ4v) is 0.671. The van der Waals surface area contributed by atoms with Gasteiger partial charge in [0.15, 0.2) is 0 Å². The Hall–Kier alpha value is 0.790. The van der Waals surface area contributed by atoms with E-state index in [4.69, 9.17) is 0 Å². The van der Waals surface area contributed by atoms with Gasteiger partial charge in [0.1, 0.15) is 0 Å². The van der Waals surface area contributed by atoms with Gasteiger partial charge in [-0.25, -0.2) is 0 Å². The predicted molar refractivity (Wildman–Crippen MR) is 58.8 cm³/mol. The Labute approximate surface area is 88.3 Å². The molecule has 0 aromatic heterocycles. The predicted octanol–water partition coefficient (Wildman–Crippen LogP) is 1.79. The summed E-state index contributed by atoms with van der Waals surface area (Å²) >= 11 is 0. The summed E-state index contributed by atoms with van der Waals surface area (Å²) in [6.45, 7) is 10.1. The number of halogens is 3. The zero-order valence-electron chi connectivity index (χ0n) is 7.29. The van der Waals surface area contributed by atoms with E-state index in [1.807, 2.05) is 0 Å². The molecule has 0 unspecified atom stereocenters. The Morgan fingerprint density at radius 2 is 0.909 bits per heavy atom. The highest BCUT2D eigenvalue weighted by atomic mass is 35.5. The third kappa shape index (κ3) is 18.1. The monoisotopic (exact) mass is 227 g/mol. The SMILES string of the molecule is CCN(CC)CC.Cl.Cl.Cl.O. The van der Waals surface area contributed by atoms with Crippen LogP contribution in [0, 0.1) is 0 Å². The summed E-state index contributed by atoms with van der Waals surface area (Å²) in [5.74, 6) is 0. The molecule has 0 bridgehead atoms. The van der Waals surface area contributed by atoms with Gasteiger partial charge in [0.2, 0.25) is 0 Å². The van der Waals surface area contributed by atoms with Crippen molar-refractivity contribution < 1.29 is 5.48 Å². The van der Waals surface area contributed by atoms with E-state index in [0.29, 0.717) is 0 Å². The molecule has 0 fully saturated rings. The van der Waals surface area contributed by atoms with Crippen molar-refractivity contribution in [1.29, 1.82) is 0 Å². The van der Waals surface area contributed by atoms with Gasteiger partial charge in [-0.3, -0.25) is 0 Å². The van der Waals surface area contributed by atoms with E-state index in [9.17, 15) is 0 Å². The van der Waals surface area contributed by atoms with Crippen molar-refractivity contribution >= 4 is 37.2 Å². The lowest BCUT2D eigenvalue weighted by molar-refractivity contribution is 0.321. The maximum Gasteiger partial charge on any atom is -0.00474 e. The normalized spacial score (nSPS) is 6.55. The van der Waals surface area contributed by atoms with Gasteiger partial charge in [0.05, 0.1) is 0 Å². The zero-order chi connectivity index (χ0) is 5.70. The Balaban J connectivity index is -0.0000000300. The van der Waals surface area contributed by atoms with Gasteiger partial charge >= 0.3 is 0 Å². The van der Waals surface area contributed by atoms with Crippen molar-refractivity contribution in [1.82, 2.24) is 4.90 Å². The summed E-state index contributed by atoms with van der Waals surface area (Å²) in [4.78, 5) is 2.38. The molecule has 0 aromatic carbocycles. The van der Waals surface area contributed by atoms with Crippen LogP contribution in [0.3, 0.4) is 0 Å². The molecular formula is C6H20Cl3NO. The highest BCUT2D eigenvalue weighted by Gasteiger charge is 1.89. The molecule has 0 amide bonds. The highest BCUT2D eigenvalue weighted by molar-refractivity contribution is 5.86. The zero-order valence-corrected chi connectivity index (χ0v) is 9.74. The third-order valence-corrected chi connectivity index (χ3v) is 1.34. The average Bonchev–Trinajstić information content (AvgIpc) is 1.72. The molecule has 0 aliphatic heterocycles. The van der Waals surface area contributed by atoms with Crippen molar-refractivity contribution in [3.63, 3.8) is 0 Å². The number of nitrogens with zero attached hydrogens (tertiary/aromatic N) is 1. The fourth-order valence-electron chi connectivity index (χ4n) is 0.671. The van der Waals surface area contributed by atoms with Crippen molar-refractivity contribution in [2.45, 2.75) is 20.8 Å². The maximum atomic E-state index is 2.38. The lowest BCUT2D eigenvalue weighted by atomic mass is 10.5. The summed E-state index contributed by atoms with van der Waals surface area (Å²) in [6, 6.07) is 0. The smallest absolute Gasteiger partial charge is 0.00474 e. The van der Waals surface area contributed by atoms with Crippen molar-refractivity contribution in [3.8, 4) is 0 Å². The quantitative estimate of drug-likeness (QED) is 0.725. The topological polar surface area (TPSA) is 34.7 Å². The van der Waals surface area contributed by atoms with Crippen LogP contribution in [-0.2, 0) is 0 Å². The second-order valence-corrected chi connectivity index (χ2v) is 1.62. The van der Waals surface area contributed by atoms with Gasteiger partial charge in [-0.1, -0.05) is 20.8 Å². The molecule has 2 nitrogen and oxygen atoms in total. The van der Waals surface area contributed by atoms with Crippen LogP contribution < -0.4 is 0 Å². The highest BCUT2D eigenvalue weighted by Crippen LogP contribution is 1.81. The van der Waals surface area contributed by atoms with Crippen LogP contribution in [0.2, 0.25) is 0 Å². The van der Waals surface area contributed by atoms with Gasteiger partial charge in [-0.05, 0) is 19.6 Å². The Morgan fingerprint density at radius 3 is 0.909 bits per heavy atom. The van der Waals surface area contributed by atoms with Gasteiger partial charge in [0, 0.05) is 0 Å². The first-order valence-corrected chi connectivity index (χ1v) is 3.07. The summed E-state index contributed by atoms with van der Waals surface area (Å²) in [5, 5.41) is 0. The Kier molecular flexibility index (Phi) is 60.7. The molecule has 76 valence electrons. The van der Waals surface area contributed by atoms with E-state index in [1.165, 1.54) is 19.6 Å². The lowest BCUT2D eigenvalue weighted by Crippen LogP contribution is -2.21. The first kappa shape index (κ1) is 29.8. The van der Waals surface area contributed by atoms with Crippen LogP contribution in [0.5, 0.6) is 0 Å². The molecule has 0 radical (unpaired) electrons. The molecule has 0 spiro atoms. The first-order valence-electron chi connectivity index (χ1n) is 3.07. The third-order valence-electron chi connectivity index (χ3n) is 1.34. The van der Waals surface area contributed by atoms with Crippen LogP contribution in [0.25, 0.3) is 0 Å². The van der Waals surface area contributed by atoms with Crippen LogP contribution in [0.1, 0.15) is 20.8 Å². The number of rotatable bonds is 3. The summed E-state index contributed by atoms with van der Waals surface area (Å²) < 4.78 is 0. The molecule has 0 atom stereocenters. The number of hydrogen-bond donors (Lipinski definition) is 0. The second kappa shape index (κ2) is 22.4. The van der Waals surface area contributed by atoms with Gasteiger partial charge < -0.3 is 10.4 Å². The largest absolute Gasteiger partial charge is 0.412 e. The van der Waals surface area contributed by atoms with Crippen LogP contribution in [-0.4, -0.2) is 30.0 Å². The first-order chi connectivity index (χ1) is 3.35. The molecule has 0 aliphatic carbocycles. The minimum Gasteiger partial charge on any atom is -0.412 e. The molecule has 0 aliphatic rings. The van der Waals surface area contributed by atoms with E-state index in [0.717, 1.165) is 0 Å². The van der Waals surface area contributed by atoms with Crippen molar-refractivity contribution in [2.75, 3.05) is 19.6 Å². The van der Waals surface area contributed by atoms with E-state index in [-0.39, 0.29) is 42.7 Å². The maximum absolute atomic E-state index is 2.38. The van der Waals surface area contributed by atoms with Gasteiger partial charge in [-0.15, -0.1) is 37.2 Å². The summed E-state index contributed by atoms with van der Waals surface area (Å²) in [7, 11) is 0. The Bertz CT molecular complexity index is 39.3. The standard InChI is InChI=1S/C6H15N.3ClH.H2O/c1-4-7(5-2)6-3;;;;/h4-6H2,1-3H3;3*1H;1H2. The fraction of sp³-hybridized carbons (Fsp3) is 1.00. The molecule has 2 N–H and O–H groups in total. The van der Waals surface area contributed by atoms with E-state index >= 15 is 0 Å². The van der Waals surface area contributed by atoms with Crippen LogP contribution in [0.15, 0.2) is 0 Å². The minimum atomic E-state index is 0. The van der Waals surface area contributed by atoms with Gasteiger partial charge in [-0.2, -0.15) is 0 Å². The molecular weight excluding hydrogens is 208 g/mol. The Morgan fingerprint density at radius 1 is 0.727 bits per heavy atom. The lowest BCUT2D eigenvalue weighted by Gasteiger charge is -2.13. The average molecular weight is 229 g/mol. The van der Waals surface area contributed by atoms with E-state index in [1.54, 1.807) is 0 Å². The van der Waals surface area contributed by atoms with Crippen LogP contribution in [0.4, 0.5) is 0 Å². The molecule has 5 heteroatoms. The molecule has 0 saturated carbocycles. The molecule has 0 rings (SSSR count). The molecule has 0 aromatic rings. The summed E-state index contributed by atoms with van der Waals surface area (Å²) in [6.07, 6.45) is 0. The van der Waals surface area contributed by atoms with Crippen LogP contribution >= 0.6 is 37.2 Å².